The van der Waals surface area contributed by atoms with Gasteiger partial charge >= 0.3 is 0 Å². The summed E-state index contributed by atoms with van der Waals surface area (Å²) in [4.78, 5) is 9.20. The minimum Gasteiger partial charge on any atom is -0.359 e. The van der Waals surface area contributed by atoms with E-state index >= 15 is 0 Å². The van der Waals surface area contributed by atoms with Crippen molar-refractivity contribution in [3.63, 3.8) is 0 Å². The average molecular weight is 383 g/mol. The third kappa shape index (κ3) is 7.94. The third-order valence-corrected chi connectivity index (χ3v) is 3.57. The van der Waals surface area contributed by atoms with E-state index in [0.717, 1.165) is 12.5 Å². The number of unbranched alkanes of at least 4 members (excludes halogenated alkanes) is 1. The van der Waals surface area contributed by atoms with Crippen LogP contribution < -0.4 is 10.6 Å². The molecule has 0 bridgehead atoms. The number of nitrogens with one attached hydrogen (secondary N) is 2. The standard InChI is InChI=1S/C13H29N5.HI/c1-4-17-9-11-18(12-10-17)8-6-5-7-16-13(14-2)15-3;/h4-12H2,1-3H3,(H2,14,15,16);1H. The number of likely N-dealkylation sites (N-methyl/N-ethyl adjacent to an activating group) is 1. The first-order valence-electron chi connectivity index (χ1n) is 7.13. The molecule has 1 heterocycles. The Morgan fingerprint density at radius 2 is 1.74 bits per heavy atom. The Balaban J connectivity index is 0.00000324. The van der Waals surface area contributed by atoms with Crippen LogP contribution in [-0.4, -0.2) is 75.7 Å². The monoisotopic (exact) mass is 383 g/mol. The second kappa shape index (κ2) is 11.7. The van der Waals surface area contributed by atoms with Crippen molar-refractivity contribution in [2.75, 3.05) is 59.9 Å². The minimum atomic E-state index is 0. The van der Waals surface area contributed by atoms with Crippen LogP contribution in [0.3, 0.4) is 0 Å². The second-order valence-electron chi connectivity index (χ2n) is 4.73. The average Bonchev–Trinajstić information content (AvgIpc) is 2.43. The molecule has 0 radical (unpaired) electrons. The highest BCUT2D eigenvalue weighted by Crippen LogP contribution is 2.02. The zero-order valence-corrected chi connectivity index (χ0v) is 14.9. The molecule has 0 saturated carbocycles. The van der Waals surface area contributed by atoms with Gasteiger partial charge in [0.15, 0.2) is 5.96 Å². The van der Waals surface area contributed by atoms with Crippen LogP contribution in [0.1, 0.15) is 19.8 Å². The molecule has 0 unspecified atom stereocenters. The number of piperazine rings is 1. The summed E-state index contributed by atoms with van der Waals surface area (Å²) in [7, 11) is 3.69. The van der Waals surface area contributed by atoms with E-state index in [1.807, 2.05) is 7.05 Å². The maximum Gasteiger partial charge on any atom is 0.190 e. The van der Waals surface area contributed by atoms with Gasteiger partial charge in [0.25, 0.3) is 0 Å². The van der Waals surface area contributed by atoms with Gasteiger partial charge in [-0.2, -0.15) is 0 Å². The van der Waals surface area contributed by atoms with Crippen molar-refractivity contribution in [3.05, 3.63) is 0 Å². The van der Waals surface area contributed by atoms with Crippen LogP contribution in [0, 0.1) is 0 Å². The van der Waals surface area contributed by atoms with Gasteiger partial charge in [0.2, 0.25) is 0 Å². The molecule has 1 saturated heterocycles. The zero-order chi connectivity index (χ0) is 13.2. The van der Waals surface area contributed by atoms with Crippen LogP contribution in [-0.2, 0) is 0 Å². The van der Waals surface area contributed by atoms with Crippen LogP contribution in [0.25, 0.3) is 0 Å². The van der Waals surface area contributed by atoms with Crippen molar-refractivity contribution in [1.82, 2.24) is 20.4 Å². The Morgan fingerprint density at radius 1 is 1.11 bits per heavy atom. The van der Waals surface area contributed by atoms with Gasteiger partial charge in [-0.25, -0.2) is 0 Å². The first kappa shape index (κ1) is 18.9. The molecule has 1 fully saturated rings. The lowest BCUT2D eigenvalue weighted by Gasteiger charge is -2.34. The molecule has 0 spiro atoms. The van der Waals surface area contributed by atoms with E-state index < -0.39 is 0 Å². The van der Waals surface area contributed by atoms with E-state index in [9.17, 15) is 0 Å². The normalized spacial score (nSPS) is 17.9. The second-order valence-corrected chi connectivity index (χ2v) is 4.73. The SMILES string of the molecule is CCN1CCN(CCCCNC(=NC)NC)CC1.I. The van der Waals surface area contributed by atoms with Gasteiger partial charge in [0.05, 0.1) is 0 Å². The molecule has 2 N–H and O–H groups in total. The molecule has 0 aromatic carbocycles. The van der Waals surface area contributed by atoms with E-state index in [1.54, 1.807) is 7.05 Å². The van der Waals surface area contributed by atoms with Gasteiger partial charge in [-0.3, -0.25) is 4.99 Å². The van der Waals surface area contributed by atoms with Crippen molar-refractivity contribution in [3.8, 4) is 0 Å². The van der Waals surface area contributed by atoms with Crippen LogP contribution in [0.5, 0.6) is 0 Å². The van der Waals surface area contributed by atoms with Gasteiger partial charge < -0.3 is 20.4 Å². The van der Waals surface area contributed by atoms with Crippen LogP contribution in [0.15, 0.2) is 4.99 Å². The molecule has 1 rings (SSSR count). The van der Waals surface area contributed by atoms with Crippen molar-refractivity contribution in [1.29, 1.82) is 0 Å². The van der Waals surface area contributed by atoms with E-state index in [0.29, 0.717) is 0 Å². The molecule has 0 aromatic rings. The molecule has 0 aromatic heterocycles. The Kier molecular flexibility index (Phi) is 11.7. The molecule has 1 aliphatic rings. The molecule has 19 heavy (non-hydrogen) atoms. The smallest absolute Gasteiger partial charge is 0.190 e. The van der Waals surface area contributed by atoms with Gasteiger partial charge in [0, 0.05) is 46.8 Å². The third-order valence-electron chi connectivity index (χ3n) is 3.57. The van der Waals surface area contributed by atoms with Crippen molar-refractivity contribution in [2.45, 2.75) is 19.8 Å². The van der Waals surface area contributed by atoms with Crippen molar-refractivity contribution < 1.29 is 0 Å². The van der Waals surface area contributed by atoms with Crippen LogP contribution in [0.4, 0.5) is 0 Å². The summed E-state index contributed by atoms with van der Waals surface area (Å²) < 4.78 is 0. The number of halogens is 1. The predicted octanol–water partition coefficient (Wildman–Crippen LogP) is 0.817. The summed E-state index contributed by atoms with van der Waals surface area (Å²) in [6, 6.07) is 0. The van der Waals surface area contributed by atoms with Crippen molar-refractivity contribution >= 4 is 29.9 Å². The Bertz CT molecular complexity index is 239. The number of rotatable bonds is 6. The molecule has 6 heteroatoms. The highest BCUT2D eigenvalue weighted by Gasteiger charge is 2.14. The lowest BCUT2D eigenvalue weighted by Crippen LogP contribution is -2.46. The van der Waals surface area contributed by atoms with Crippen molar-refractivity contribution in [2.24, 2.45) is 4.99 Å². The number of hydrogen-bond donors (Lipinski definition) is 2. The van der Waals surface area contributed by atoms with E-state index in [2.05, 4.69) is 32.3 Å². The first-order valence-corrected chi connectivity index (χ1v) is 7.13. The fourth-order valence-corrected chi connectivity index (χ4v) is 2.28. The van der Waals surface area contributed by atoms with Gasteiger partial charge in [0.1, 0.15) is 0 Å². The predicted molar refractivity (Wildman–Crippen MR) is 93.6 cm³/mol. The molecule has 0 atom stereocenters. The maximum absolute atomic E-state index is 4.09. The number of aliphatic imine (C=N–C) groups is 1. The number of hydrogen-bond acceptors (Lipinski definition) is 3. The topological polar surface area (TPSA) is 42.9 Å². The molecule has 0 aliphatic carbocycles. The van der Waals surface area contributed by atoms with Crippen LogP contribution in [0.2, 0.25) is 0 Å². The summed E-state index contributed by atoms with van der Waals surface area (Å²) in [5, 5.41) is 6.31. The lowest BCUT2D eigenvalue weighted by molar-refractivity contribution is 0.136. The highest BCUT2D eigenvalue weighted by atomic mass is 127. The molecular weight excluding hydrogens is 353 g/mol. The summed E-state index contributed by atoms with van der Waals surface area (Å²) in [5.41, 5.74) is 0. The zero-order valence-electron chi connectivity index (χ0n) is 12.6. The van der Waals surface area contributed by atoms with Crippen LogP contribution >= 0.6 is 24.0 Å². The minimum absolute atomic E-state index is 0. The molecule has 0 amide bonds. The Morgan fingerprint density at radius 3 is 2.26 bits per heavy atom. The quantitative estimate of drug-likeness (QED) is 0.309. The maximum atomic E-state index is 4.09. The summed E-state index contributed by atoms with van der Waals surface area (Å²) in [6.07, 6.45) is 2.47. The lowest BCUT2D eigenvalue weighted by atomic mass is 10.2. The molecular formula is C13H30IN5. The Labute approximate surface area is 135 Å². The van der Waals surface area contributed by atoms with E-state index in [-0.39, 0.29) is 24.0 Å². The fourth-order valence-electron chi connectivity index (χ4n) is 2.28. The summed E-state index contributed by atoms with van der Waals surface area (Å²) in [5.74, 6) is 0.881. The Hall–Kier alpha value is -0.0800. The molecule has 5 nitrogen and oxygen atoms in total. The van der Waals surface area contributed by atoms with E-state index in [4.69, 9.17) is 0 Å². The van der Waals surface area contributed by atoms with E-state index in [1.165, 1.54) is 52.1 Å². The largest absolute Gasteiger partial charge is 0.359 e. The van der Waals surface area contributed by atoms with Gasteiger partial charge in [-0.15, -0.1) is 24.0 Å². The summed E-state index contributed by atoms with van der Waals surface area (Å²) in [6.45, 7) is 10.6. The molecule has 114 valence electrons. The number of nitrogens with zero attached hydrogens (tertiary/aromatic N) is 3. The fraction of sp³-hybridized carbons (Fsp3) is 0.923. The number of guanidine groups is 1. The van der Waals surface area contributed by atoms with Gasteiger partial charge in [-0.05, 0) is 25.9 Å². The summed E-state index contributed by atoms with van der Waals surface area (Å²) >= 11 is 0. The van der Waals surface area contributed by atoms with Gasteiger partial charge in [-0.1, -0.05) is 6.92 Å². The highest BCUT2D eigenvalue weighted by molar-refractivity contribution is 14.0. The first-order chi connectivity index (χ1) is 8.80. The molecule has 1 aliphatic heterocycles.